The molecule has 0 heterocycles. The van der Waals surface area contributed by atoms with Crippen LogP contribution < -0.4 is 24.3 Å². The minimum absolute atomic E-state index is 0.267. The molecule has 2 rings (SSSR count). The van der Waals surface area contributed by atoms with Gasteiger partial charge in [0.25, 0.3) is 5.91 Å². The first-order valence-electron chi connectivity index (χ1n) is 7.94. The van der Waals surface area contributed by atoms with Crippen molar-refractivity contribution in [2.45, 2.75) is 19.4 Å². The van der Waals surface area contributed by atoms with Gasteiger partial charge in [0.05, 0.1) is 27.0 Å². The maximum Gasteiger partial charge on any atom is 0.265 e. The minimum atomic E-state index is -0.650. The third kappa shape index (κ3) is 4.79. The molecular weight excluding hydrogens is 322 g/mol. The standard InChI is InChI=1S/C19H23NO5/c1-5-17(25-15-8-6-7-13(11-15)22-2)19(21)20-16-12-14(23-3)9-10-18(16)24-4/h6-12,17H,5H2,1-4H3,(H,20,21). The molecular formula is C19H23NO5. The molecule has 1 atom stereocenters. The molecule has 25 heavy (non-hydrogen) atoms. The van der Waals surface area contributed by atoms with E-state index < -0.39 is 6.10 Å². The zero-order chi connectivity index (χ0) is 18.2. The van der Waals surface area contributed by atoms with E-state index in [1.807, 2.05) is 19.1 Å². The van der Waals surface area contributed by atoms with E-state index >= 15 is 0 Å². The first-order valence-corrected chi connectivity index (χ1v) is 7.94. The van der Waals surface area contributed by atoms with Gasteiger partial charge < -0.3 is 24.3 Å². The number of hydrogen-bond acceptors (Lipinski definition) is 5. The van der Waals surface area contributed by atoms with Crippen molar-refractivity contribution >= 4 is 11.6 Å². The van der Waals surface area contributed by atoms with Crippen molar-refractivity contribution in [2.75, 3.05) is 26.6 Å². The molecule has 6 nitrogen and oxygen atoms in total. The van der Waals surface area contributed by atoms with Gasteiger partial charge in [-0.25, -0.2) is 0 Å². The highest BCUT2D eigenvalue weighted by Gasteiger charge is 2.20. The first kappa shape index (κ1) is 18.4. The second kappa shape index (κ2) is 8.82. The van der Waals surface area contributed by atoms with Crippen molar-refractivity contribution < 1.29 is 23.7 Å². The second-order valence-electron chi connectivity index (χ2n) is 5.25. The second-order valence-corrected chi connectivity index (χ2v) is 5.25. The van der Waals surface area contributed by atoms with Crippen molar-refractivity contribution in [3.05, 3.63) is 42.5 Å². The van der Waals surface area contributed by atoms with Gasteiger partial charge in [0.15, 0.2) is 6.10 Å². The zero-order valence-electron chi connectivity index (χ0n) is 14.9. The molecule has 0 aliphatic rings. The Kier molecular flexibility index (Phi) is 6.51. The van der Waals surface area contributed by atoms with Gasteiger partial charge >= 0.3 is 0 Å². The largest absolute Gasteiger partial charge is 0.497 e. The lowest BCUT2D eigenvalue weighted by molar-refractivity contribution is -0.122. The Hall–Kier alpha value is -2.89. The molecule has 0 saturated carbocycles. The Labute approximate surface area is 147 Å². The molecule has 0 spiro atoms. The first-order chi connectivity index (χ1) is 12.1. The smallest absolute Gasteiger partial charge is 0.265 e. The van der Waals surface area contributed by atoms with Crippen LogP contribution in [0.4, 0.5) is 5.69 Å². The average molecular weight is 345 g/mol. The molecule has 2 aromatic rings. The summed E-state index contributed by atoms with van der Waals surface area (Å²) in [6.45, 7) is 1.88. The van der Waals surface area contributed by atoms with E-state index in [-0.39, 0.29) is 5.91 Å². The summed E-state index contributed by atoms with van der Waals surface area (Å²) >= 11 is 0. The molecule has 0 aromatic heterocycles. The molecule has 0 fully saturated rings. The molecule has 1 amide bonds. The summed E-state index contributed by atoms with van der Waals surface area (Å²) in [6, 6.07) is 12.3. The third-order valence-corrected chi connectivity index (χ3v) is 3.65. The maximum atomic E-state index is 12.6. The van der Waals surface area contributed by atoms with Crippen molar-refractivity contribution in [3.63, 3.8) is 0 Å². The predicted octanol–water partition coefficient (Wildman–Crippen LogP) is 3.51. The van der Waals surface area contributed by atoms with E-state index in [2.05, 4.69) is 5.32 Å². The summed E-state index contributed by atoms with van der Waals surface area (Å²) in [4.78, 5) is 12.6. The molecule has 134 valence electrons. The summed E-state index contributed by atoms with van der Waals surface area (Å²) < 4.78 is 21.4. The SMILES string of the molecule is CCC(Oc1cccc(OC)c1)C(=O)Nc1cc(OC)ccc1OC. The van der Waals surface area contributed by atoms with Crippen LogP contribution in [-0.4, -0.2) is 33.3 Å². The highest BCUT2D eigenvalue weighted by Crippen LogP contribution is 2.29. The van der Waals surface area contributed by atoms with Crippen LogP contribution in [0.1, 0.15) is 13.3 Å². The molecule has 1 unspecified atom stereocenters. The van der Waals surface area contributed by atoms with Crippen molar-refractivity contribution in [1.82, 2.24) is 0 Å². The van der Waals surface area contributed by atoms with Crippen LogP contribution in [0.25, 0.3) is 0 Å². The minimum Gasteiger partial charge on any atom is -0.497 e. The molecule has 6 heteroatoms. The number of ether oxygens (including phenoxy) is 4. The van der Waals surface area contributed by atoms with E-state index in [9.17, 15) is 4.79 Å². The molecule has 1 N–H and O–H groups in total. The molecule has 2 aromatic carbocycles. The number of benzene rings is 2. The average Bonchev–Trinajstić information content (AvgIpc) is 2.65. The fraction of sp³-hybridized carbons (Fsp3) is 0.316. The van der Waals surface area contributed by atoms with Crippen molar-refractivity contribution in [3.8, 4) is 23.0 Å². The van der Waals surface area contributed by atoms with Gasteiger partial charge in [-0.05, 0) is 30.7 Å². The number of carbonyl (C=O) groups is 1. The highest BCUT2D eigenvalue weighted by atomic mass is 16.5. The van der Waals surface area contributed by atoms with Crippen molar-refractivity contribution in [2.24, 2.45) is 0 Å². The molecule has 0 radical (unpaired) electrons. The van der Waals surface area contributed by atoms with Gasteiger partial charge in [-0.1, -0.05) is 13.0 Å². The van der Waals surface area contributed by atoms with Gasteiger partial charge in [0, 0.05) is 12.1 Å². The lowest BCUT2D eigenvalue weighted by Gasteiger charge is -2.19. The van der Waals surface area contributed by atoms with E-state index in [1.54, 1.807) is 51.7 Å². The van der Waals surface area contributed by atoms with Crippen LogP contribution in [-0.2, 0) is 4.79 Å². The fourth-order valence-electron chi connectivity index (χ4n) is 2.29. The van der Waals surface area contributed by atoms with Gasteiger partial charge in [0.1, 0.15) is 23.0 Å². The van der Waals surface area contributed by atoms with Crippen LogP contribution >= 0.6 is 0 Å². The van der Waals surface area contributed by atoms with E-state index in [4.69, 9.17) is 18.9 Å². The molecule has 0 bridgehead atoms. The number of carbonyl (C=O) groups excluding carboxylic acids is 1. The highest BCUT2D eigenvalue weighted by molar-refractivity contribution is 5.95. The summed E-state index contributed by atoms with van der Waals surface area (Å²) in [5.41, 5.74) is 0.527. The Balaban J connectivity index is 2.14. The van der Waals surface area contributed by atoms with Crippen LogP contribution in [0, 0.1) is 0 Å². The molecule has 0 aliphatic heterocycles. The Morgan fingerprint density at radius 1 is 0.960 bits per heavy atom. The Morgan fingerprint density at radius 3 is 2.28 bits per heavy atom. The van der Waals surface area contributed by atoms with Gasteiger partial charge in [-0.2, -0.15) is 0 Å². The lowest BCUT2D eigenvalue weighted by atomic mass is 10.2. The topological polar surface area (TPSA) is 66.0 Å². The number of rotatable bonds is 8. The lowest BCUT2D eigenvalue weighted by Crippen LogP contribution is -2.32. The van der Waals surface area contributed by atoms with E-state index in [1.165, 1.54) is 0 Å². The van der Waals surface area contributed by atoms with Gasteiger partial charge in [-0.3, -0.25) is 4.79 Å². The summed E-state index contributed by atoms with van der Waals surface area (Å²) in [5.74, 6) is 2.14. The van der Waals surface area contributed by atoms with E-state index in [0.29, 0.717) is 35.1 Å². The van der Waals surface area contributed by atoms with Crippen LogP contribution in [0.3, 0.4) is 0 Å². The number of methoxy groups -OCH3 is 3. The van der Waals surface area contributed by atoms with Crippen LogP contribution in [0.5, 0.6) is 23.0 Å². The molecule has 0 saturated heterocycles. The van der Waals surface area contributed by atoms with Crippen LogP contribution in [0.2, 0.25) is 0 Å². The summed E-state index contributed by atoms with van der Waals surface area (Å²) in [6.07, 6.45) is -0.141. The van der Waals surface area contributed by atoms with Crippen LogP contribution in [0.15, 0.2) is 42.5 Å². The summed E-state index contributed by atoms with van der Waals surface area (Å²) in [7, 11) is 4.69. The summed E-state index contributed by atoms with van der Waals surface area (Å²) in [5, 5.41) is 2.84. The monoisotopic (exact) mass is 345 g/mol. The zero-order valence-corrected chi connectivity index (χ0v) is 14.9. The number of anilines is 1. The van der Waals surface area contributed by atoms with Gasteiger partial charge in [-0.15, -0.1) is 0 Å². The number of hydrogen-bond donors (Lipinski definition) is 1. The normalized spacial score (nSPS) is 11.4. The van der Waals surface area contributed by atoms with Crippen molar-refractivity contribution in [1.29, 1.82) is 0 Å². The third-order valence-electron chi connectivity index (χ3n) is 3.65. The predicted molar refractivity (Wildman–Crippen MR) is 95.9 cm³/mol. The van der Waals surface area contributed by atoms with Gasteiger partial charge in [0.2, 0.25) is 0 Å². The fourth-order valence-corrected chi connectivity index (χ4v) is 2.29. The maximum absolute atomic E-state index is 12.6. The number of amides is 1. The number of nitrogens with one attached hydrogen (secondary N) is 1. The Bertz CT molecular complexity index is 717. The molecule has 0 aliphatic carbocycles. The van der Waals surface area contributed by atoms with E-state index in [0.717, 1.165) is 0 Å². The Morgan fingerprint density at radius 2 is 1.64 bits per heavy atom. The quantitative estimate of drug-likeness (QED) is 0.793.